The van der Waals surface area contributed by atoms with Crippen molar-refractivity contribution >= 4 is 34.7 Å². The van der Waals surface area contributed by atoms with Gasteiger partial charge >= 0.3 is 0 Å². The van der Waals surface area contributed by atoms with Crippen LogP contribution in [0.4, 0.5) is 5.69 Å². The number of hydrogen-bond acceptors (Lipinski definition) is 4. The highest BCUT2D eigenvalue weighted by atomic mass is 32.2. The minimum Gasteiger partial charge on any atom is -0.325 e. The first kappa shape index (κ1) is 17.7. The van der Waals surface area contributed by atoms with Gasteiger partial charge in [-0.15, -0.1) is 11.3 Å². The number of thiazole rings is 1. The Balaban J connectivity index is 1.88. The van der Waals surface area contributed by atoms with Gasteiger partial charge in [-0.3, -0.25) is 4.79 Å². The van der Waals surface area contributed by atoms with E-state index in [-0.39, 0.29) is 11.2 Å². The smallest absolute Gasteiger partial charge is 0.242 e. The van der Waals surface area contributed by atoms with Gasteiger partial charge in [-0.1, -0.05) is 54.2 Å². The van der Waals surface area contributed by atoms with Crippen LogP contribution < -0.4 is 5.32 Å². The van der Waals surface area contributed by atoms with Crippen molar-refractivity contribution in [3.8, 4) is 0 Å². The number of benzene rings is 2. The van der Waals surface area contributed by atoms with Gasteiger partial charge in [-0.2, -0.15) is 0 Å². The van der Waals surface area contributed by atoms with Crippen molar-refractivity contribution in [2.24, 2.45) is 0 Å². The van der Waals surface area contributed by atoms with E-state index in [0.29, 0.717) is 0 Å². The van der Waals surface area contributed by atoms with Gasteiger partial charge in [-0.25, -0.2) is 4.98 Å². The van der Waals surface area contributed by atoms with Crippen molar-refractivity contribution in [2.45, 2.75) is 30.4 Å². The third-order valence-electron chi connectivity index (χ3n) is 3.81. The molecule has 3 aromatic rings. The molecule has 0 aliphatic rings. The van der Waals surface area contributed by atoms with Crippen LogP contribution in [0, 0.1) is 20.8 Å². The largest absolute Gasteiger partial charge is 0.325 e. The van der Waals surface area contributed by atoms with Gasteiger partial charge in [-0.05, 0) is 43.5 Å². The maximum atomic E-state index is 13.0. The highest BCUT2D eigenvalue weighted by Crippen LogP contribution is 2.38. The lowest BCUT2D eigenvalue weighted by molar-refractivity contribution is -0.115. The summed E-state index contributed by atoms with van der Waals surface area (Å²) in [7, 11) is 0. The van der Waals surface area contributed by atoms with Gasteiger partial charge in [0, 0.05) is 16.8 Å². The molecule has 0 saturated carbocycles. The molecule has 25 heavy (non-hydrogen) atoms. The SMILES string of the molecule is Cc1ccc(C)c(NC(=O)[C@@H](Sc2nc(C)cs2)c2ccccc2)c1. The zero-order chi connectivity index (χ0) is 17.8. The minimum absolute atomic E-state index is 0.0299. The van der Waals surface area contributed by atoms with Crippen LogP contribution in [0.1, 0.15) is 27.6 Å². The number of carbonyl (C=O) groups is 1. The molecule has 1 amide bonds. The Hall–Kier alpha value is -2.11. The number of nitrogens with zero attached hydrogens (tertiary/aromatic N) is 1. The molecule has 0 unspecified atom stereocenters. The summed E-state index contributed by atoms with van der Waals surface area (Å²) in [5.74, 6) is -0.0299. The van der Waals surface area contributed by atoms with Gasteiger partial charge in [0.05, 0.1) is 0 Å². The third-order valence-corrected chi connectivity index (χ3v) is 6.15. The van der Waals surface area contributed by atoms with E-state index in [2.05, 4.69) is 10.3 Å². The fraction of sp³-hybridized carbons (Fsp3) is 0.200. The number of rotatable bonds is 5. The molecule has 1 N–H and O–H groups in total. The van der Waals surface area contributed by atoms with E-state index in [1.54, 1.807) is 11.3 Å². The fourth-order valence-electron chi connectivity index (χ4n) is 2.46. The van der Waals surface area contributed by atoms with Crippen molar-refractivity contribution in [1.82, 2.24) is 4.98 Å². The Kier molecular flexibility index (Phi) is 5.56. The number of aryl methyl sites for hydroxylation is 3. The molecular weight excluding hydrogens is 348 g/mol. The highest BCUT2D eigenvalue weighted by Gasteiger charge is 2.24. The molecule has 0 aliphatic carbocycles. The monoisotopic (exact) mass is 368 g/mol. The molecule has 0 aliphatic heterocycles. The van der Waals surface area contributed by atoms with Gasteiger partial charge in [0.15, 0.2) is 4.34 Å². The third kappa shape index (κ3) is 4.50. The summed E-state index contributed by atoms with van der Waals surface area (Å²) < 4.78 is 0.905. The lowest BCUT2D eigenvalue weighted by Gasteiger charge is -2.17. The maximum absolute atomic E-state index is 13.0. The Morgan fingerprint density at radius 2 is 1.88 bits per heavy atom. The number of aromatic nitrogens is 1. The fourth-order valence-corrected chi connectivity index (χ4v) is 4.49. The quantitative estimate of drug-likeness (QED) is 0.601. The second kappa shape index (κ2) is 7.85. The van der Waals surface area contributed by atoms with Crippen molar-refractivity contribution < 1.29 is 4.79 Å². The van der Waals surface area contributed by atoms with Gasteiger partial charge in [0.25, 0.3) is 0 Å². The van der Waals surface area contributed by atoms with E-state index >= 15 is 0 Å². The molecule has 1 atom stereocenters. The summed E-state index contributed by atoms with van der Waals surface area (Å²) in [5.41, 5.74) is 5.00. The normalized spacial score (nSPS) is 12.0. The van der Waals surface area contributed by atoms with Crippen LogP contribution in [-0.2, 0) is 4.79 Å². The summed E-state index contributed by atoms with van der Waals surface area (Å²) in [5, 5.41) is 4.76. The van der Waals surface area contributed by atoms with Gasteiger partial charge in [0.2, 0.25) is 5.91 Å². The molecule has 3 rings (SSSR count). The lowest BCUT2D eigenvalue weighted by Crippen LogP contribution is -2.19. The predicted octanol–water partition coefficient (Wildman–Crippen LogP) is 5.54. The Bertz CT molecular complexity index is 874. The molecule has 1 aromatic heterocycles. The molecule has 2 aromatic carbocycles. The molecule has 0 fully saturated rings. The van der Waals surface area contributed by atoms with E-state index in [9.17, 15) is 4.79 Å². The van der Waals surface area contributed by atoms with E-state index in [1.807, 2.05) is 74.7 Å². The molecule has 0 radical (unpaired) electrons. The molecule has 3 nitrogen and oxygen atoms in total. The second-order valence-corrected chi connectivity index (χ2v) is 8.18. The zero-order valence-corrected chi connectivity index (χ0v) is 16.1. The van der Waals surface area contributed by atoms with Crippen LogP contribution in [0.5, 0.6) is 0 Å². The van der Waals surface area contributed by atoms with Crippen LogP contribution in [0.2, 0.25) is 0 Å². The van der Waals surface area contributed by atoms with Crippen molar-refractivity contribution in [3.63, 3.8) is 0 Å². The molecule has 0 bridgehead atoms. The number of anilines is 1. The molecule has 0 saturated heterocycles. The van der Waals surface area contributed by atoms with Crippen LogP contribution in [0.25, 0.3) is 0 Å². The first-order chi connectivity index (χ1) is 12.0. The number of hydrogen-bond donors (Lipinski definition) is 1. The number of thioether (sulfide) groups is 1. The van der Waals surface area contributed by atoms with Crippen molar-refractivity contribution in [3.05, 3.63) is 76.3 Å². The standard InChI is InChI=1S/C20H20N2OS2/c1-13-9-10-14(2)17(11-13)22-19(23)18(16-7-5-4-6-8-16)25-20-21-15(3)12-24-20/h4-12,18H,1-3H3,(H,22,23)/t18-/m0/s1. The van der Waals surface area contributed by atoms with Crippen LogP contribution in [0.15, 0.2) is 58.3 Å². The first-order valence-corrected chi connectivity index (χ1v) is 9.81. The van der Waals surface area contributed by atoms with Gasteiger partial charge < -0.3 is 5.32 Å². The van der Waals surface area contributed by atoms with E-state index in [1.165, 1.54) is 11.8 Å². The second-order valence-electron chi connectivity index (χ2n) is 5.97. The molecule has 128 valence electrons. The zero-order valence-electron chi connectivity index (χ0n) is 14.4. The number of carbonyl (C=O) groups excluding carboxylic acids is 1. The highest BCUT2D eigenvalue weighted by molar-refractivity contribution is 8.01. The summed E-state index contributed by atoms with van der Waals surface area (Å²) in [4.78, 5) is 17.5. The molecule has 0 spiro atoms. The maximum Gasteiger partial charge on any atom is 0.242 e. The summed E-state index contributed by atoms with van der Waals surface area (Å²) >= 11 is 3.07. The molecular formula is C20H20N2OS2. The molecule has 1 heterocycles. The summed E-state index contributed by atoms with van der Waals surface area (Å²) in [6.07, 6.45) is 0. The number of amides is 1. The minimum atomic E-state index is -0.341. The van der Waals surface area contributed by atoms with Crippen LogP contribution >= 0.6 is 23.1 Å². The van der Waals surface area contributed by atoms with E-state index < -0.39 is 0 Å². The van der Waals surface area contributed by atoms with Crippen molar-refractivity contribution in [2.75, 3.05) is 5.32 Å². The Morgan fingerprint density at radius 3 is 2.56 bits per heavy atom. The Labute approximate surface area is 156 Å². The van der Waals surface area contributed by atoms with Crippen LogP contribution in [0.3, 0.4) is 0 Å². The average Bonchev–Trinajstić information content (AvgIpc) is 3.02. The Morgan fingerprint density at radius 1 is 1.12 bits per heavy atom. The summed E-state index contributed by atoms with van der Waals surface area (Å²) in [6, 6.07) is 15.9. The molecule has 5 heteroatoms. The topological polar surface area (TPSA) is 42.0 Å². The summed E-state index contributed by atoms with van der Waals surface area (Å²) in [6.45, 7) is 6.00. The van der Waals surface area contributed by atoms with E-state index in [0.717, 1.165) is 32.4 Å². The lowest BCUT2D eigenvalue weighted by atomic mass is 10.1. The first-order valence-electron chi connectivity index (χ1n) is 8.05. The van der Waals surface area contributed by atoms with Crippen molar-refractivity contribution in [1.29, 1.82) is 0 Å². The van der Waals surface area contributed by atoms with Crippen LogP contribution in [-0.4, -0.2) is 10.9 Å². The number of nitrogens with one attached hydrogen (secondary N) is 1. The van der Waals surface area contributed by atoms with Gasteiger partial charge in [0.1, 0.15) is 5.25 Å². The van der Waals surface area contributed by atoms with E-state index in [4.69, 9.17) is 0 Å². The average molecular weight is 369 g/mol. The predicted molar refractivity (Wildman–Crippen MR) is 106 cm³/mol.